The minimum atomic E-state index is -0.883. The summed E-state index contributed by atoms with van der Waals surface area (Å²) in [5, 5.41) is 14.1. The molecule has 3 N–H and O–H groups in total. The standard InChI is InChI=1S/C18H28N4O7/c1-10(2)14(21-17(26)29-18(3,4)5)15(24)19-11-6-7-22(16(25)20-11)12-9-27-13(8-23)28-12/h6-7,10,12-14,23H,8-9H2,1-5H3,(H,21,26)(H,19,20,24,25)/t12-,13-,14-/m0/s1. The predicted molar refractivity (Wildman–Crippen MR) is 102 cm³/mol. The Morgan fingerprint density at radius 1 is 1.41 bits per heavy atom. The van der Waals surface area contributed by atoms with E-state index < -0.39 is 41.9 Å². The predicted octanol–water partition coefficient (Wildman–Crippen LogP) is 0.595. The third-order valence-corrected chi connectivity index (χ3v) is 3.90. The number of alkyl carbamates (subject to hydrolysis) is 1. The summed E-state index contributed by atoms with van der Waals surface area (Å²) in [5.41, 5.74) is -1.36. The molecule has 2 rings (SSSR count). The number of carbonyl (C=O) groups is 2. The van der Waals surface area contributed by atoms with Gasteiger partial charge in [0, 0.05) is 6.20 Å². The van der Waals surface area contributed by atoms with Crippen molar-refractivity contribution in [2.75, 3.05) is 18.5 Å². The SMILES string of the molecule is CC(C)[C@H](NC(=O)OC(C)(C)C)C(=O)Nc1ccn([C@@H]2CO[C@H](CO)O2)c(=O)n1. The highest BCUT2D eigenvalue weighted by Crippen LogP contribution is 2.19. The summed E-state index contributed by atoms with van der Waals surface area (Å²) in [5.74, 6) is -0.732. The highest BCUT2D eigenvalue weighted by Gasteiger charge is 2.29. The number of ether oxygens (including phenoxy) is 3. The van der Waals surface area contributed by atoms with Crippen molar-refractivity contribution in [2.45, 2.75) is 58.8 Å². The van der Waals surface area contributed by atoms with Gasteiger partial charge in [0.05, 0.1) is 13.2 Å². The average molecular weight is 412 g/mol. The van der Waals surface area contributed by atoms with Crippen LogP contribution in [0.25, 0.3) is 0 Å². The van der Waals surface area contributed by atoms with E-state index in [4.69, 9.17) is 19.3 Å². The molecule has 29 heavy (non-hydrogen) atoms. The van der Waals surface area contributed by atoms with Crippen LogP contribution in [0.15, 0.2) is 17.1 Å². The molecule has 1 aliphatic heterocycles. The highest BCUT2D eigenvalue weighted by atomic mass is 16.7. The van der Waals surface area contributed by atoms with Crippen molar-refractivity contribution in [3.63, 3.8) is 0 Å². The molecule has 0 spiro atoms. The second kappa shape index (κ2) is 9.33. The largest absolute Gasteiger partial charge is 0.444 e. The summed E-state index contributed by atoms with van der Waals surface area (Å²) in [7, 11) is 0. The molecule has 1 aromatic heterocycles. The van der Waals surface area contributed by atoms with Crippen LogP contribution < -0.4 is 16.3 Å². The molecular weight excluding hydrogens is 384 g/mol. The first kappa shape index (κ1) is 22.8. The second-order valence-corrected chi connectivity index (χ2v) is 7.90. The quantitative estimate of drug-likeness (QED) is 0.617. The number of aromatic nitrogens is 2. The number of hydrogen-bond acceptors (Lipinski definition) is 8. The molecule has 11 heteroatoms. The van der Waals surface area contributed by atoms with E-state index in [0.29, 0.717) is 0 Å². The number of anilines is 1. The van der Waals surface area contributed by atoms with Crippen LogP contribution in [0.2, 0.25) is 0 Å². The van der Waals surface area contributed by atoms with Gasteiger partial charge in [0.1, 0.15) is 17.5 Å². The fourth-order valence-corrected chi connectivity index (χ4v) is 2.56. The molecule has 162 valence electrons. The van der Waals surface area contributed by atoms with Gasteiger partial charge < -0.3 is 30.0 Å². The Kier molecular flexibility index (Phi) is 7.33. The fraction of sp³-hybridized carbons (Fsp3) is 0.667. The average Bonchev–Trinajstić information content (AvgIpc) is 3.06. The number of aliphatic hydroxyl groups is 1. The number of nitrogens with one attached hydrogen (secondary N) is 2. The minimum absolute atomic E-state index is 0.0329. The Morgan fingerprint density at radius 3 is 2.62 bits per heavy atom. The summed E-state index contributed by atoms with van der Waals surface area (Å²) < 4.78 is 16.9. The molecule has 0 unspecified atom stereocenters. The molecule has 1 aliphatic rings. The number of aliphatic hydroxyl groups excluding tert-OH is 1. The lowest BCUT2D eigenvalue weighted by Gasteiger charge is -2.25. The van der Waals surface area contributed by atoms with E-state index in [1.807, 2.05) is 0 Å². The van der Waals surface area contributed by atoms with Crippen molar-refractivity contribution in [2.24, 2.45) is 5.92 Å². The Hall–Kier alpha value is -2.50. The van der Waals surface area contributed by atoms with Gasteiger partial charge in [0.2, 0.25) is 5.91 Å². The zero-order valence-electron chi connectivity index (χ0n) is 17.2. The molecule has 0 radical (unpaired) electrons. The molecule has 1 fully saturated rings. The first-order chi connectivity index (χ1) is 13.5. The first-order valence-corrected chi connectivity index (χ1v) is 9.27. The molecule has 1 aromatic rings. The monoisotopic (exact) mass is 412 g/mol. The maximum atomic E-state index is 12.6. The Morgan fingerprint density at radius 2 is 2.10 bits per heavy atom. The van der Waals surface area contributed by atoms with Gasteiger partial charge in [0.15, 0.2) is 12.5 Å². The van der Waals surface area contributed by atoms with Gasteiger partial charge in [-0.3, -0.25) is 9.36 Å². The van der Waals surface area contributed by atoms with Crippen LogP contribution in [-0.2, 0) is 19.0 Å². The first-order valence-electron chi connectivity index (χ1n) is 9.27. The fourth-order valence-electron chi connectivity index (χ4n) is 2.56. The molecular formula is C18H28N4O7. The van der Waals surface area contributed by atoms with Gasteiger partial charge in [-0.2, -0.15) is 4.98 Å². The van der Waals surface area contributed by atoms with Crippen molar-refractivity contribution >= 4 is 17.8 Å². The molecule has 0 aliphatic carbocycles. The van der Waals surface area contributed by atoms with Crippen LogP contribution in [0.3, 0.4) is 0 Å². The van der Waals surface area contributed by atoms with E-state index in [9.17, 15) is 14.4 Å². The van der Waals surface area contributed by atoms with Gasteiger partial charge in [-0.15, -0.1) is 0 Å². The summed E-state index contributed by atoms with van der Waals surface area (Å²) in [4.78, 5) is 40.7. The van der Waals surface area contributed by atoms with Crippen LogP contribution >= 0.6 is 0 Å². The summed E-state index contributed by atoms with van der Waals surface area (Å²) in [6.07, 6.45) is -0.817. The van der Waals surface area contributed by atoms with E-state index in [0.717, 1.165) is 0 Å². The van der Waals surface area contributed by atoms with E-state index in [1.54, 1.807) is 34.6 Å². The van der Waals surface area contributed by atoms with Gasteiger partial charge in [-0.25, -0.2) is 9.59 Å². The lowest BCUT2D eigenvalue weighted by molar-refractivity contribution is -0.119. The molecule has 0 bridgehead atoms. The lowest BCUT2D eigenvalue weighted by atomic mass is 10.0. The Bertz CT molecular complexity index is 787. The third kappa shape index (κ3) is 6.51. The molecule has 1 saturated heterocycles. The van der Waals surface area contributed by atoms with E-state index in [1.165, 1.54) is 16.8 Å². The topological polar surface area (TPSA) is 141 Å². The summed E-state index contributed by atoms with van der Waals surface area (Å²) in [6.45, 7) is 8.46. The van der Waals surface area contributed by atoms with E-state index in [-0.39, 0.29) is 24.9 Å². The maximum absolute atomic E-state index is 12.6. The molecule has 2 amide bonds. The van der Waals surface area contributed by atoms with Gasteiger partial charge >= 0.3 is 11.8 Å². The van der Waals surface area contributed by atoms with Crippen molar-refractivity contribution in [1.29, 1.82) is 0 Å². The van der Waals surface area contributed by atoms with Crippen LogP contribution in [-0.4, -0.2) is 57.8 Å². The van der Waals surface area contributed by atoms with Crippen LogP contribution in [0.1, 0.15) is 40.8 Å². The number of rotatable bonds is 6. The van der Waals surface area contributed by atoms with Crippen molar-refractivity contribution in [1.82, 2.24) is 14.9 Å². The van der Waals surface area contributed by atoms with Crippen LogP contribution in [0, 0.1) is 5.92 Å². The molecule has 3 atom stereocenters. The van der Waals surface area contributed by atoms with Crippen molar-refractivity contribution in [3.05, 3.63) is 22.7 Å². The van der Waals surface area contributed by atoms with Gasteiger partial charge in [-0.05, 0) is 32.8 Å². The Balaban J connectivity index is 2.05. The molecule has 11 nitrogen and oxygen atoms in total. The number of hydrogen-bond donors (Lipinski definition) is 3. The van der Waals surface area contributed by atoms with E-state index >= 15 is 0 Å². The Labute approximate surface area is 168 Å². The number of amides is 2. The molecule has 0 saturated carbocycles. The van der Waals surface area contributed by atoms with E-state index in [2.05, 4.69) is 15.6 Å². The number of carbonyl (C=O) groups excluding carboxylic acids is 2. The third-order valence-electron chi connectivity index (χ3n) is 3.90. The minimum Gasteiger partial charge on any atom is -0.444 e. The van der Waals surface area contributed by atoms with Crippen molar-refractivity contribution < 1.29 is 28.9 Å². The molecule has 0 aromatic carbocycles. The maximum Gasteiger partial charge on any atom is 0.408 e. The van der Waals surface area contributed by atoms with Gasteiger partial charge in [0.25, 0.3) is 0 Å². The molecule has 2 heterocycles. The zero-order valence-corrected chi connectivity index (χ0v) is 17.2. The number of nitrogens with zero attached hydrogens (tertiary/aromatic N) is 2. The van der Waals surface area contributed by atoms with Gasteiger partial charge in [-0.1, -0.05) is 13.8 Å². The normalized spacial score (nSPS) is 20.4. The smallest absolute Gasteiger partial charge is 0.408 e. The highest BCUT2D eigenvalue weighted by molar-refractivity contribution is 5.96. The lowest BCUT2D eigenvalue weighted by Crippen LogP contribution is -2.48. The van der Waals surface area contributed by atoms with Crippen molar-refractivity contribution in [3.8, 4) is 0 Å². The van der Waals surface area contributed by atoms with Crippen LogP contribution in [0.4, 0.5) is 10.6 Å². The summed E-state index contributed by atoms with van der Waals surface area (Å²) in [6, 6.07) is 0.547. The summed E-state index contributed by atoms with van der Waals surface area (Å²) >= 11 is 0. The second-order valence-electron chi connectivity index (χ2n) is 7.90. The zero-order chi connectivity index (χ0) is 21.8. The van der Waals surface area contributed by atoms with Crippen LogP contribution in [0.5, 0.6) is 0 Å².